The van der Waals surface area contributed by atoms with Gasteiger partial charge in [0.2, 0.25) is 0 Å². The maximum atomic E-state index is 12.2. The summed E-state index contributed by atoms with van der Waals surface area (Å²) in [7, 11) is 0. The van der Waals surface area contributed by atoms with Crippen molar-refractivity contribution in [3.05, 3.63) is 23.7 Å². The Morgan fingerprint density at radius 3 is 2.65 bits per heavy atom. The number of rotatable bonds is 4. The third-order valence-electron chi connectivity index (χ3n) is 2.83. The van der Waals surface area contributed by atoms with E-state index < -0.39 is 0 Å². The number of hydrogen-bond acceptors (Lipinski definition) is 3. The normalized spacial score (nSPS) is 14.6. The van der Waals surface area contributed by atoms with Crippen molar-refractivity contribution in [2.24, 2.45) is 5.73 Å². The molecule has 5 heteroatoms. The topological polar surface area (TPSA) is 59.5 Å². The first kappa shape index (κ1) is 14.1. The highest BCUT2D eigenvalue weighted by Crippen LogP contribution is 2.30. The second kappa shape index (κ2) is 5.56. The van der Waals surface area contributed by atoms with Crippen molar-refractivity contribution in [3.63, 3.8) is 0 Å². The van der Waals surface area contributed by atoms with Crippen LogP contribution >= 0.6 is 12.4 Å². The lowest BCUT2D eigenvalue weighted by Gasteiger charge is -2.26. The number of hydrogen-bond donors (Lipinski definition) is 1. The van der Waals surface area contributed by atoms with E-state index in [-0.39, 0.29) is 24.4 Å². The fourth-order valence-electron chi connectivity index (χ4n) is 1.92. The molecule has 1 fully saturated rings. The molecule has 0 aliphatic heterocycles. The first-order valence-corrected chi connectivity index (χ1v) is 5.73. The maximum absolute atomic E-state index is 12.2. The van der Waals surface area contributed by atoms with E-state index in [1.54, 1.807) is 6.07 Å². The minimum Gasteiger partial charge on any atom is -0.467 e. The molecule has 0 saturated heterocycles. The molecule has 4 nitrogen and oxygen atoms in total. The van der Waals surface area contributed by atoms with Gasteiger partial charge in [-0.1, -0.05) is 0 Å². The molecule has 1 amide bonds. The average Bonchev–Trinajstić information content (AvgIpc) is 2.95. The lowest BCUT2D eigenvalue weighted by molar-refractivity contribution is 0.0689. The summed E-state index contributed by atoms with van der Waals surface area (Å²) in [4.78, 5) is 14.2. The van der Waals surface area contributed by atoms with Gasteiger partial charge in [-0.15, -0.1) is 12.4 Å². The summed E-state index contributed by atoms with van der Waals surface area (Å²) >= 11 is 0. The van der Waals surface area contributed by atoms with Crippen molar-refractivity contribution in [2.45, 2.75) is 45.3 Å². The molecule has 2 N–H and O–H groups in total. The fourth-order valence-corrected chi connectivity index (χ4v) is 1.92. The van der Waals surface area contributed by atoms with Crippen LogP contribution < -0.4 is 5.73 Å². The van der Waals surface area contributed by atoms with Crippen LogP contribution in [0.4, 0.5) is 0 Å². The van der Waals surface area contributed by atoms with Gasteiger partial charge in [0.15, 0.2) is 0 Å². The Labute approximate surface area is 108 Å². The molecule has 0 spiro atoms. The predicted molar refractivity (Wildman–Crippen MR) is 68.2 cm³/mol. The van der Waals surface area contributed by atoms with Crippen LogP contribution in [0, 0.1) is 0 Å². The third kappa shape index (κ3) is 3.01. The molecular weight excluding hydrogens is 240 g/mol. The first-order valence-electron chi connectivity index (χ1n) is 5.73. The monoisotopic (exact) mass is 258 g/mol. The summed E-state index contributed by atoms with van der Waals surface area (Å²) < 4.78 is 5.19. The minimum atomic E-state index is 0. The molecule has 0 atom stereocenters. The number of carbonyl (C=O) groups excluding carboxylic acids is 1. The molecule has 1 aromatic heterocycles. The van der Waals surface area contributed by atoms with E-state index in [1.807, 2.05) is 18.7 Å². The number of carbonyl (C=O) groups is 1. The molecule has 1 aliphatic carbocycles. The third-order valence-corrected chi connectivity index (χ3v) is 2.83. The van der Waals surface area contributed by atoms with Crippen LogP contribution in [0.5, 0.6) is 0 Å². The standard InChI is InChI=1S/C12H18N2O2.ClH/c1-8(2)14(10-3-4-10)12(15)9-5-11(6-13)16-7-9;/h5,7-8,10H,3-4,6,13H2,1-2H3;1H. The van der Waals surface area contributed by atoms with Crippen molar-refractivity contribution < 1.29 is 9.21 Å². The Hall–Kier alpha value is -1.00. The van der Waals surface area contributed by atoms with Crippen LogP contribution in [0.2, 0.25) is 0 Å². The molecule has 2 rings (SSSR count). The highest BCUT2D eigenvalue weighted by atomic mass is 35.5. The zero-order valence-electron chi connectivity index (χ0n) is 10.2. The Kier molecular flexibility index (Phi) is 4.60. The lowest BCUT2D eigenvalue weighted by Crippen LogP contribution is -2.38. The van der Waals surface area contributed by atoms with Gasteiger partial charge in [-0.05, 0) is 32.8 Å². The van der Waals surface area contributed by atoms with Gasteiger partial charge in [-0.25, -0.2) is 0 Å². The van der Waals surface area contributed by atoms with Crippen molar-refractivity contribution in [3.8, 4) is 0 Å². The molecule has 96 valence electrons. The average molecular weight is 259 g/mol. The van der Waals surface area contributed by atoms with Crippen LogP contribution in [0.1, 0.15) is 42.8 Å². The van der Waals surface area contributed by atoms with E-state index in [1.165, 1.54) is 6.26 Å². The number of furan rings is 1. The lowest BCUT2D eigenvalue weighted by atomic mass is 10.2. The van der Waals surface area contributed by atoms with E-state index in [0.717, 1.165) is 12.8 Å². The summed E-state index contributed by atoms with van der Waals surface area (Å²) in [6, 6.07) is 2.39. The SMILES string of the molecule is CC(C)N(C(=O)c1coc(CN)c1)C1CC1.Cl. The van der Waals surface area contributed by atoms with Gasteiger partial charge in [0.05, 0.1) is 12.1 Å². The van der Waals surface area contributed by atoms with Gasteiger partial charge in [0.1, 0.15) is 12.0 Å². The van der Waals surface area contributed by atoms with Gasteiger partial charge < -0.3 is 15.1 Å². The molecule has 0 unspecified atom stereocenters. The van der Waals surface area contributed by atoms with Gasteiger partial charge in [0.25, 0.3) is 5.91 Å². The quantitative estimate of drug-likeness (QED) is 0.901. The molecule has 1 aromatic rings. The number of halogens is 1. The molecule has 1 saturated carbocycles. The largest absolute Gasteiger partial charge is 0.467 e. The summed E-state index contributed by atoms with van der Waals surface area (Å²) in [5.74, 6) is 0.712. The van der Waals surface area contributed by atoms with Gasteiger partial charge >= 0.3 is 0 Å². The highest BCUT2D eigenvalue weighted by Gasteiger charge is 2.35. The summed E-state index contributed by atoms with van der Waals surface area (Å²) in [6.07, 6.45) is 3.74. The van der Waals surface area contributed by atoms with Crippen molar-refractivity contribution in [1.82, 2.24) is 4.90 Å². The van der Waals surface area contributed by atoms with Crippen LogP contribution in [-0.4, -0.2) is 22.9 Å². The Morgan fingerprint density at radius 2 is 2.24 bits per heavy atom. The van der Waals surface area contributed by atoms with Crippen LogP contribution in [0.3, 0.4) is 0 Å². The van der Waals surface area contributed by atoms with Gasteiger partial charge in [0, 0.05) is 12.1 Å². The summed E-state index contributed by atoms with van der Waals surface area (Å²) in [5.41, 5.74) is 6.06. The Balaban J connectivity index is 0.00000144. The fraction of sp³-hybridized carbons (Fsp3) is 0.583. The number of nitrogens with two attached hydrogens (primary N) is 1. The van der Waals surface area contributed by atoms with Crippen molar-refractivity contribution in [1.29, 1.82) is 0 Å². The number of nitrogens with zero attached hydrogens (tertiary/aromatic N) is 1. The van der Waals surface area contributed by atoms with Crippen molar-refractivity contribution in [2.75, 3.05) is 0 Å². The molecule has 1 aliphatic rings. The van der Waals surface area contributed by atoms with E-state index >= 15 is 0 Å². The molecular formula is C12H19ClN2O2. The summed E-state index contributed by atoms with van der Waals surface area (Å²) in [5, 5.41) is 0. The zero-order valence-corrected chi connectivity index (χ0v) is 11.0. The molecule has 17 heavy (non-hydrogen) atoms. The highest BCUT2D eigenvalue weighted by molar-refractivity contribution is 5.94. The van der Waals surface area contributed by atoms with Gasteiger partial charge in [-0.2, -0.15) is 0 Å². The van der Waals surface area contributed by atoms with E-state index in [9.17, 15) is 4.79 Å². The van der Waals surface area contributed by atoms with E-state index in [4.69, 9.17) is 10.2 Å². The Morgan fingerprint density at radius 1 is 1.59 bits per heavy atom. The second-order valence-corrected chi connectivity index (χ2v) is 4.54. The smallest absolute Gasteiger partial charge is 0.257 e. The Bertz CT molecular complexity index is 384. The molecule has 0 bridgehead atoms. The van der Waals surface area contributed by atoms with E-state index in [0.29, 0.717) is 23.9 Å². The van der Waals surface area contributed by atoms with Crippen LogP contribution in [0.25, 0.3) is 0 Å². The van der Waals surface area contributed by atoms with E-state index in [2.05, 4.69) is 0 Å². The molecule has 1 heterocycles. The van der Waals surface area contributed by atoms with Gasteiger partial charge in [-0.3, -0.25) is 4.79 Å². The molecule has 0 radical (unpaired) electrons. The number of amides is 1. The second-order valence-electron chi connectivity index (χ2n) is 4.54. The zero-order chi connectivity index (χ0) is 11.7. The summed E-state index contributed by atoms with van der Waals surface area (Å²) in [6.45, 7) is 4.42. The minimum absolute atomic E-state index is 0. The first-order chi connectivity index (χ1) is 7.63. The van der Waals surface area contributed by atoms with Crippen LogP contribution in [0.15, 0.2) is 16.7 Å². The maximum Gasteiger partial charge on any atom is 0.257 e. The van der Waals surface area contributed by atoms with Crippen molar-refractivity contribution >= 4 is 18.3 Å². The predicted octanol–water partition coefficient (Wildman–Crippen LogP) is 2.17. The van der Waals surface area contributed by atoms with Crippen LogP contribution in [-0.2, 0) is 6.54 Å². The molecule has 0 aromatic carbocycles.